The summed E-state index contributed by atoms with van der Waals surface area (Å²) in [6.07, 6.45) is 11.5. The first-order chi connectivity index (χ1) is 10.2. The predicted octanol–water partition coefficient (Wildman–Crippen LogP) is 5.81. The first kappa shape index (κ1) is 22.0. The molecule has 0 aliphatic rings. The molecule has 2 unspecified atom stereocenters. The van der Waals surface area contributed by atoms with Crippen molar-refractivity contribution in [2.45, 2.75) is 82.6 Å². The van der Waals surface area contributed by atoms with E-state index in [1.807, 2.05) is 0 Å². The molecule has 0 aliphatic carbocycles. The van der Waals surface area contributed by atoms with Crippen molar-refractivity contribution in [1.29, 1.82) is 0 Å². The van der Waals surface area contributed by atoms with Crippen LogP contribution in [0, 0.1) is 5.92 Å². The summed E-state index contributed by atoms with van der Waals surface area (Å²) in [6.45, 7) is 9.00. The van der Waals surface area contributed by atoms with Gasteiger partial charge in [-0.15, -0.1) is 4.05 Å². The maximum absolute atomic E-state index is 5.97. The minimum absolute atomic E-state index is 0.336. The van der Waals surface area contributed by atoms with Crippen LogP contribution in [-0.4, -0.2) is 39.3 Å². The van der Waals surface area contributed by atoms with Gasteiger partial charge in [-0.1, -0.05) is 59.3 Å². The second kappa shape index (κ2) is 17.3. The lowest BCUT2D eigenvalue weighted by Gasteiger charge is -2.15. The zero-order valence-corrected chi connectivity index (χ0v) is 16.7. The molecule has 0 aromatic heterocycles. The summed E-state index contributed by atoms with van der Waals surface area (Å²) in [5, 5.41) is 0. The van der Waals surface area contributed by atoms with E-state index in [1.165, 1.54) is 51.4 Å². The molecule has 0 saturated heterocycles. The smallest absolute Gasteiger partial charge is 0.355 e. The highest BCUT2D eigenvalue weighted by Gasteiger charge is 2.09. The Morgan fingerprint density at radius 3 is 2.19 bits per heavy atom. The van der Waals surface area contributed by atoms with E-state index in [0.717, 1.165) is 29.6 Å². The molecule has 0 fully saturated rings. The van der Waals surface area contributed by atoms with Gasteiger partial charge in [-0.05, 0) is 25.2 Å². The minimum atomic E-state index is -0.336. The van der Waals surface area contributed by atoms with Gasteiger partial charge in [0.1, 0.15) is 6.79 Å². The van der Waals surface area contributed by atoms with Crippen molar-refractivity contribution in [3.05, 3.63) is 0 Å². The zero-order valence-electron chi connectivity index (χ0n) is 14.5. The molecule has 0 aromatic rings. The van der Waals surface area contributed by atoms with Gasteiger partial charge >= 0.3 is 19.3 Å². The molecule has 0 spiro atoms. The van der Waals surface area contributed by atoms with Gasteiger partial charge in [0.2, 0.25) is 0 Å². The predicted molar refractivity (Wildman–Crippen MR) is 94.2 cm³/mol. The Morgan fingerprint density at radius 2 is 1.52 bits per heavy atom. The molecule has 0 radical (unpaired) electrons. The van der Waals surface area contributed by atoms with E-state index in [0.29, 0.717) is 6.79 Å². The number of rotatable bonds is 16. The van der Waals surface area contributed by atoms with Gasteiger partial charge in [0.25, 0.3) is 0 Å². The van der Waals surface area contributed by atoms with Crippen LogP contribution in [-0.2, 0) is 9.47 Å². The Kier molecular flexibility index (Phi) is 18.1. The summed E-state index contributed by atoms with van der Waals surface area (Å²) in [6, 6.07) is 0. The summed E-state index contributed by atoms with van der Waals surface area (Å²) in [5.74, 6) is 0.777. The highest BCUT2D eigenvalue weighted by Crippen LogP contribution is 2.20. The summed E-state index contributed by atoms with van der Waals surface area (Å²) in [7, 11) is 5.97. The van der Waals surface area contributed by atoms with Crippen LogP contribution in [0.2, 0.25) is 4.05 Å². The van der Waals surface area contributed by atoms with Crippen LogP contribution in [0.4, 0.5) is 0 Å². The molecule has 0 N–H and O–H groups in total. The van der Waals surface area contributed by atoms with Crippen molar-refractivity contribution >= 4 is 28.3 Å². The second-order valence-electron chi connectivity index (χ2n) is 6.44. The molecule has 21 heavy (non-hydrogen) atoms. The summed E-state index contributed by atoms with van der Waals surface area (Å²) >= 11 is -0.336. The number of unbranched alkanes of at least 4 members (excludes halogenated alkanes) is 5. The summed E-state index contributed by atoms with van der Waals surface area (Å²) < 4.78 is 11.8. The maximum atomic E-state index is 5.97. The second-order valence-corrected chi connectivity index (χ2v) is 9.07. The standard InChI is InChI=1S/C17H35O2.ClH.Mg/c1-4-6-7-8-9-10-14-18-16-19-15-11-13-17(3)12-5-2;;/h5,17H,4,6-16H2,1-3H3;1H;/q;;+1/p-1. The molecule has 0 aromatic carbocycles. The van der Waals surface area contributed by atoms with Crippen molar-refractivity contribution in [2.24, 2.45) is 5.92 Å². The molecule has 4 heteroatoms. The Hall–Kier alpha value is 0.976. The van der Waals surface area contributed by atoms with Crippen molar-refractivity contribution in [2.75, 3.05) is 20.0 Å². The van der Waals surface area contributed by atoms with Gasteiger partial charge in [0.05, 0.1) is 0 Å². The van der Waals surface area contributed by atoms with Crippen LogP contribution in [0.25, 0.3) is 0 Å². The van der Waals surface area contributed by atoms with Gasteiger partial charge in [-0.3, -0.25) is 0 Å². The number of ether oxygens (including phenoxy) is 2. The number of hydrogen-bond donors (Lipinski definition) is 0. The first-order valence-electron chi connectivity index (χ1n) is 8.92. The molecule has 0 saturated carbocycles. The lowest BCUT2D eigenvalue weighted by Crippen LogP contribution is -2.06. The van der Waals surface area contributed by atoms with Gasteiger partial charge in [-0.2, -0.15) is 0 Å². The van der Waals surface area contributed by atoms with E-state index in [2.05, 4.69) is 20.8 Å². The largest absolute Gasteiger partial charge is 0.504 e. The Balaban J connectivity index is 3.12. The topological polar surface area (TPSA) is 18.5 Å². The minimum Gasteiger partial charge on any atom is -0.355 e. The van der Waals surface area contributed by atoms with E-state index in [9.17, 15) is 0 Å². The fraction of sp³-hybridized carbons (Fsp3) is 1.00. The maximum Gasteiger partial charge on any atom is 0.504 e. The van der Waals surface area contributed by atoms with Crippen molar-refractivity contribution in [1.82, 2.24) is 0 Å². The first-order valence-corrected chi connectivity index (χ1v) is 11.9. The van der Waals surface area contributed by atoms with Crippen molar-refractivity contribution < 1.29 is 9.47 Å². The molecule has 0 rings (SSSR count). The van der Waals surface area contributed by atoms with Gasteiger partial charge < -0.3 is 18.5 Å². The number of hydrogen-bond acceptors (Lipinski definition) is 2. The van der Waals surface area contributed by atoms with E-state index in [-0.39, 0.29) is 19.3 Å². The lowest BCUT2D eigenvalue weighted by atomic mass is 10.0. The van der Waals surface area contributed by atoms with E-state index in [1.54, 1.807) is 0 Å². The Morgan fingerprint density at radius 1 is 0.905 bits per heavy atom. The third-order valence-electron chi connectivity index (χ3n) is 3.86. The van der Waals surface area contributed by atoms with Crippen molar-refractivity contribution in [3.8, 4) is 0 Å². The van der Waals surface area contributed by atoms with Crippen LogP contribution in [0.5, 0.6) is 0 Å². The number of halogens is 1. The molecule has 0 aliphatic heterocycles. The van der Waals surface area contributed by atoms with E-state index < -0.39 is 0 Å². The van der Waals surface area contributed by atoms with Gasteiger partial charge in [-0.25, -0.2) is 0 Å². The van der Waals surface area contributed by atoms with Crippen LogP contribution >= 0.6 is 9.07 Å². The normalized spacial score (nSPS) is 13.9. The molecule has 0 bridgehead atoms. The van der Waals surface area contributed by atoms with E-state index >= 15 is 0 Å². The fourth-order valence-corrected chi connectivity index (χ4v) is 3.64. The summed E-state index contributed by atoms with van der Waals surface area (Å²) in [4.78, 5) is 0. The molecule has 124 valence electrons. The average Bonchev–Trinajstić information content (AvgIpc) is 2.48. The van der Waals surface area contributed by atoms with Crippen LogP contribution in [0.15, 0.2) is 0 Å². The lowest BCUT2D eigenvalue weighted by molar-refractivity contribution is -0.0560. The molecule has 2 nitrogen and oxygen atoms in total. The Labute approximate surface area is 146 Å². The molecule has 0 heterocycles. The average molecular weight is 331 g/mol. The van der Waals surface area contributed by atoms with Crippen molar-refractivity contribution in [3.63, 3.8) is 0 Å². The van der Waals surface area contributed by atoms with E-state index in [4.69, 9.17) is 18.5 Å². The Bertz CT molecular complexity index is 205. The molecule has 0 amide bonds. The highest BCUT2D eigenvalue weighted by molar-refractivity contribution is 6.94. The third-order valence-corrected chi connectivity index (χ3v) is 6.30. The quantitative estimate of drug-likeness (QED) is 0.202. The van der Waals surface area contributed by atoms with Crippen LogP contribution in [0.3, 0.4) is 0 Å². The van der Waals surface area contributed by atoms with Gasteiger partial charge in [0.15, 0.2) is 0 Å². The highest BCUT2D eigenvalue weighted by atomic mass is 35.5. The SMILES string of the molecule is CCCCCCCCOCOCCCC(C)C[CH](C)[Mg][Cl]. The molecular formula is C17H35ClMgO2. The monoisotopic (exact) mass is 330 g/mol. The van der Waals surface area contributed by atoms with Crippen LogP contribution in [0.1, 0.15) is 78.6 Å². The fourth-order valence-electron chi connectivity index (χ4n) is 2.56. The summed E-state index contributed by atoms with van der Waals surface area (Å²) in [5.41, 5.74) is 0. The zero-order chi connectivity index (χ0) is 15.8. The molecule has 2 atom stereocenters. The van der Waals surface area contributed by atoms with Crippen LogP contribution < -0.4 is 0 Å². The third kappa shape index (κ3) is 17.2. The molecular weight excluding hydrogens is 296 g/mol. The van der Waals surface area contributed by atoms with Gasteiger partial charge in [0, 0.05) is 13.2 Å².